The molecule has 0 aliphatic carbocycles. The molecule has 5 rings (SSSR count). The summed E-state index contributed by atoms with van der Waals surface area (Å²) in [5.41, 5.74) is 0.647. The third kappa shape index (κ3) is 5.77. The van der Waals surface area contributed by atoms with Crippen molar-refractivity contribution >= 4 is 5.78 Å². The zero-order chi connectivity index (χ0) is 30.3. The van der Waals surface area contributed by atoms with E-state index in [1.165, 1.54) is 20.1 Å². The molecule has 0 radical (unpaired) electrons. The quantitative estimate of drug-likeness (QED) is 0.208. The number of phenolic OH excluding ortho intramolecular Hbond substituents is 1. The molecule has 2 fully saturated rings. The van der Waals surface area contributed by atoms with Gasteiger partial charge in [0.1, 0.15) is 71.3 Å². The summed E-state index contributed by atoms with van der Waals surface area (Å²) in [5.74, 6) is -0.244. The van der Waals surface area contributed by atoms with Crippen molar-refractivity contribution in [2.45, 2.75) is 80.9 Å². The first-order valence-corrected chi connectivity index (χ1v) is 13.4. The largest absolute Gasteiger partial charge is 0.507 e. The molecule has 7 N–H and O–H groups in total. The summed E-state index contributed by atoms with van der Waals surface area (Å²) in [7, 11) is 1.53. The Kier molecular flexibility index (Phi) is 8.89. The Morgan fingerprint density at radius 1 is 0.881 bits per heavy atom. The molecule has 0 unspecified atom stereocenters. The number of ketones is 1. The lowest BCUT2D eigenvalue weighted by Crippen LogP contribution is -2.64. The first-order chi connectivity index (χ1) is 20.0. The molecule has 14 nitrogen and oxygen atoms in total. The van der Waals surface area contributed by atoms with Gasteiger partial charge in [-0.2, -0.15) is 0 Å². The Labute approximate surface area is 240 Å². The van der Waals surface area contributed by atoms with E-state index in [4.69, 9.17) is 28.4 Å². The van der Waals surface area contributed by atoms with E-state index in [9.17, 15) is 40.5 Å². The fourth-order valence-corrected chi connectivity index (χ4v) is 5.20. The highest BCUT2D eigenvalue weighted by Gasteiger charge is 2.51. The molecule has 0 saturated carbocycles. The van der Waals surface area contributed by atoms with Crippen LogP contribution in [0.2, 0.25) is 0 Å². The number of aliphatic hydroxyl groups excluding tert-OH is 6. The molecule has 0 amide bonds. The molecule has 0 bridgehead atoms. The van der Waals surface area contributed by atoms with Crippen molar-refractivity contribution < 1.29 is 69.0 Å². The third-order valence-corrected chi connectivity index (χ3v) is 7.64. The van der Waals surface area contributed by atoms with Gasteiger partial charge in [-0.1, -0.05) is 12.1 Å². The van der Waals surface area contributed by atoms with Crippen molar-refractivity contribution in [3.63, 3.8) is 0 Å². The summed E-state index contributed by atoms with van der Waals surface area (Å²) in [5, 5.41) is 72.3. The van der Waals surface area contributed by atoms with Crippen molar-refractivity contribution in [2.75, 3.05) is 13.7 Å². The van der Waals surface area contributed by atoms with E-state index in [0.29, 0.717) is 11.3 Å². The van der Waals surface area contributed by atoms with Gasteiger partial charge in [0, 0.05) is 12.1 Å². The van der Waals surface area contributed by atoms with Crippen molar-refractivity contribution in [2.24, 2.45) is 0 Å². The van der Waals surface area contributed by atoms with Crippen LogP contribution in [0.1, 0.15) is 35.4 Å². The van der Waals surface area contributed by atoms with Crippen LogP contribution in [0.25, 0.3) is 0 Å². The fraction of sp³-hybridized carbons (Fsp3) is 0.536. The first-order valence-electron chi connectivity index (χ1n) is 13.4. The molecule has 3 aliphatic heterocycles. The number of carbonyl (C=O) groups is 1. The zero-order valence-electron chi connectivity index (χ0n) is 22.7. The number of methoxy groups -OCH3 is 1. The number of hydrogen-bond acceptors (Lipinski definition) is 14. The molecule has 11 atom stereocenters. The molecule has 3 heterocycles. The molecule has 0 spiro atoms. The van der Waals surface area contributed by atoms with Gasteiger partial charge in [0.25, 0.3) is 0 Å². The van der Waals surface area contributed by atoms with Crippen molar-refractivity contribution in [3.8, 4) is 23.0 Å². The van der Waals surface area contributed by atoms with Crippen molar-refractivity contribution in [3.05, 3.63) is 47.5 Å². The monoisotopic (exact) mass is 594 g/mol. The lowest BCUT2D eigenvalue weighted by molar-refractivity contribution is -0.354. The number of benzene rings is 2. The highest BCUT2D eigenvalue weighted by Crippen LogP contribution is 2.43. The topological polar surface area (TPSA) is 214 Å². The van der Waals surface area contributed by atoms with Crippen LogP contribution in [0.5, 0.6) is 23.0 Å². The summed E-state index contributed by atoms with van der Waals surface area (Å²) >= 11 is 0. The molecule has 2 aromatic carbocycles. The van der Waals surface area contributed by atoms with Crippen LogP contribution in [0.15, 0.2) is 36.4 Å². The van der Waals surface area contributed by atoms with Gasteiger partial charge in [0.05, 0.1) is 26.2 Å². The molecular formula is C28H34O14. The van der Waals surface area contributed by atoms with Gasteiger partial charge in [-0.05, 0) is 24.6 Å². The van der Waals surface area contributed by atoms with Gasteiger partial charge in [0.2, 0.25) is 6.29 Å². The van der Waals surface area contributed by atoms with Gasteiger partial charge in [-0.3, -0.25) is 4.79 Å². The normalized spacial score (nSPS) is 36.6. The van der Waals surface area contributed by atoms with E-state index in [1.54, 1.807) is 24.3 Å². The summed E-state index contributed by atoms with van der Waals surface area (Å²) in [6.07, 6.45) is -15.8. The molecule has 14 heteroatoms. The summed E-state index contributed by atoms with van der Waals surface area (Å²) in [6.45, 7) is 0.733. The van der Waals surface area contributed by atoms with E-state index in [-0.39, 0.29) is 29.3 Å². The van der Waals surface area contributed by atoms with Crippen LogP contribution >= 0.6 is 0 Å². The lowest BCUT2D eigenvalue weighted by Gasteiger charge is -2.45. The number of ether oxygens (including phenoxy) is 6. The van der Waals surface area contributed by atoms with E-state index >= 15 is 0 Å². The van der Waals surface area contributed by atoms with Gasteiger partial charge in [0.15, 0.2) is 18.2 Å². The Hall–Kier alpha value is -3.05. The average molecular weight is 595 g/mol. The average Bonchev–Trinajstić information content (AvgIpc) is 2.97. The fourth-order valence-electron chi connectivity index (χ4n) is 5.20. The molecule has 3 aliphatic rings. The smallest absolute Gasteiger partial charge is 0.229 e. The molecule has 42 heavy (non-hydrogen) atoms. The van der Waals surface area contributed by atoms with Gasteiger partial charge >= 0.3 is 0 Å². The number of rotatable bonds is 7. The predicted octanol–water partition coefficient (Wildman–Crippen LogP) is -0.862. The van der Waals surface area contributed by atoms with E-state index in [2.05, 4.69) is 0 Å². The van der Waals surface area contributed by atoms with Crippen molar-refractivity contribution in [1.82, 2.24) is 0 Å². The van der Waals surface area contributed by atoms with Crippen LogP contribution in [0.4, 0.5) is 0 Å². The number of Topliss-reactive ketones (excluding diaryl/α,β-unsaturated/α-hetero) is 1. The number of fused-ring (bicyclic) bond motifs is 1. The highest BCUT2D eigenvalue weighted by atomic mass is 16.8. The van der Waals surface area contributed by atoms with Gasteiger partial charge in [-0.25, -0.2) is 0 Å². The van der Waals surface area contributed by atoms with Crippen LogP contribution < -0.4 is 14.2 Å². The van der Waals surface area contributed by atoms with Crippen molar-refractivity contribution in [1.29, 1.82) is 0 Å². The van der Waals surface area contributed by atoms with Crippen LogP contribution in [-0.2, 0) is 14.2 Å². The Morgan fingerprint density at radius 2 is 1.60 bits per heavy atom. The maximum Gasteiger partial charge on any atom is 0.229 e. The summed E-state index contributed by atoms with van der Waals surface area (Å²) in [4.78, 5) is 12.9. The molecule has 230 valence electrons. The Morgan fingerprint density at radius 3 is 2.26 bits per heavy atom. The zero-order valence-corrected chi connectivity index (χ0v) is 22.7. The molecule has 2 saturated heterocycles. The van der Waals surface area contributed by atoms with Gasteiger partial charge in [-0.15, -0.1) is 0 Å². The standard InChI is InChI=1S/C28H34O14/c1-11-21(32)23(34)25(36)27(38-11)42-26-24(35)22(33)19(10-29)41-28(26)39-14-7-15(30)20-16(31)9-17(40-18(20)8-14)12-3-5-13(37-2)6-4-12/h3-8,11,17,19,21-30,32-36H,9-10H2,1-2H3/t11-,17+,19-,21+,22-,23+,24-,25+,26+,27+,28-/m1/s1. The van der Waals surface area contributed by atoms with E-state index < -0.39 is 79.9 Å². The minimum absolute atomic E-state index is 0.0200. The highest BCUT2D eigenvalue weighted by molar-refractivity contribution is 6.02. The van der Waals surface area contributed by atoms with Crippen LogP contribution in [0, 0.1) is 0 Å². The molecule has 0 aromatic heterocycles. The van der Waals surface area contributed by atoms with Gasteiger partial charge < -0.3 is 64.2 Å². The Balaban J connectivity index is 1.40. The third-order valence-electron chi connectivity index (χ3n) is 7.64. The second-order valence-corrected chi connectivity index (χ2v) is 10.4. The van der Waals surface area contributed by atoms with E-state index in [0.717, 1.165) is 6.07 Å². The van der Waals surface area contributed by atoms with Crippen LogP contribution in [0.3, 0.4) is 0 Å². The maximum atomic E-state index is 12.9. The molecule has 2 aromatic rings. The number of phenols is 1. The lowest BCUT2D eigenvalue weighted by atomic mass is 9.95. The van der Waals surface area contributed by atoms with E-state index in [1.807, 2.05) is 0 Å². The minimum atomic E-state index is -1.74. The predicted molar refractivity (Wildman–Crippen MR) is 139 cm³/mol. The maximum absolute atomic E-state index is 12.9. The summed E-state index contributed by atoms with van der Waals surface area (Å²) in [6, 6.07) is 9.42. The Bertz CT molecular complexity index is 1250. The number of aliphatic hydroxyl groups is 6. The number of carbonyl (C=O) groups excluding carboxylic acids is 1. The number of hydrogen-bond donors (Lipinski definition) is 7. The second kappa shape index (κ2) is 12.3. The second-order valence-electron chi connectivity index (χ2n) is 10.4. The number of aromatic hydroxyl groups is 1. The van der Waals surface area contributed by atoms with Crippen LogP contribution in [-0.4, -0.2) is 117 Å². The first kappa shape index (κ1) is 30.4. The SMILES string of the molecule is COc1ccc([C@@H]2CC(=O)c3c(O)cc(O[C@@H]4O[C@H](CO)[C@@H](O)[C@@H](O)[C@@H]4O[C@@H]4O[C@H](C)[C@H](O)[C@H](O)[C@@H]4O)cc3O2)cc1. The minimum Gasteiger partial charge on any atom is -0.507 e. The molecular weight excluding hydrogens is 560 g/mol. The summed E-state index contributed by atoms with van der Waals surface area (Å²) < 4.78 is 33.9.